The van der Waals surface area contributed by atoms with Crippen LogP contribution < -0.4 is 5.32 Å². The number of esters is 1. The molecule has 8 unspecified atom stereocenters. The number of aliphatic imine (C=N–C) groups is 2. The first-order chi connectivity index (χ1) is 23.8. The smallest absolute Gasteiger partial charge is 0.407 e. The molecule has 0 spiro atoms. The van der Waals surface area contributed by atoms with Crippen molar-refractivity contribution in [3.05, 3.63) is 0 Å². The fraction of sp³-hybridized carbons (Fsp3) is 0.925. The van der Waals surface area contributed by atoms with E-state index in [2.05, 4.69) is 44.6 Å². The van der Waals surface area contributed by atoms with E-state index >= 15 is 0 Å². The molecule has 4 rings (SSSR count). The summed E-state index contributed by atoms with van der Waals surface area (Å²) in [7, 11) is 4.94. The summed E-state index contributed by atoms with van der Waals surface area (Å²) in [5.41, 5.74) is 0. The largest absolute Gasteiger partial charge is 0.463 e. The molecular formula is C40H73N3O6. The third kappa shape index (κ3) is 20.5. The van der Waals surface area contributed by atoms with Gasteiger partial charge in [0, 0.05) is 33.7 Å². The molecule has 0 aliphatic heterocycles. The predicted molar refractivity (Wildman–Crippen MR) is 198 cm³/mol. The summed E-state index contributed by atoms with van der Waals surface area (Å²) in [6.45, 7) is 8.22. The van der Waals surface area contributed by atoms with E-state index in [0.717, 1.165) is 48.3 Å². The predicted octanol–water partition coefficient (Wildman–Crippen LogP) is 9.29. The highest BCUT2D eigenvalue weighted by molar-refractivity contribution is 5.68. The van der Waals surface area contributed by atoms with Crippen LogP contribution in [0.1, 0.15) is 143 Å². The quantitative estimate of drug-likeness (QED) is 0.117. The van der Waals surface area contributed by atoms with Crippen molar-refractivity contribution in [2.24, 2.45) is 45.5 Å². The van der Waals surface area contributed by atoms with Gasteiger partial charge < -0.3 is 24.3 Å². The van der Waals surface area contributed by atoms with Crippen LogP contribution in [-0.4, -0.2) is 77.8 Å². The number of hydrogen-bond donors (Lipinski definition) is 1. The Hall–Kier alpha value is -1.96. The van der Waals surface area contributed by atoms with Crippen LogP contribution in [0.15, 0.2) is 9.98 Å². The fourth-order valence-electron chi connectivity index (χ4n) is 8.63. The van der Waals surface area contributed by atoms with Crippen molar-refractivity contribution in [1.82, 2.24) is 5.32 Å². The molecule has 284 valence electrons. The molecule has 4 saturated carbocycles. The molecule has 0 radical (unpaired) electrons. The van der Waals surface area contributed by atoms with Gasteiger partial charge in [0.1, 0.15) is 13.2 Å². The molecular weight excluding hydrogens is 618 g/mol. The number of alkyl carbamates (subject to hydrolysis) is 1. The van der Waals surface area contributed by atoms with E-state index < -0.39 is 0 Å². The maximum Gasteiger partial charge on any atom is 0.407 e. The molecule has 0 aromatic carbocycles. The van der Waals surface area contributed by atoms with Gasteiger partial charge in [0.2, 0.25) is 0 Å². The van der Waals surface area contributed by atoms with Crippen molar-refractivity contribution in [2.75, 3.05) is 47.7 Å². The molecule has 0 aromatic rings. The van der Waals surface area contributed by atoms with Crippen LogP contribution in [0, 0.1) is 35.5 Å². The minimum absolute atomic E-state index is 0.174. The zero-order chi connectivity index (χ0) is 35.7. The Bertz CT molecular complexity index is 941. The summed E-state index contributed by atoms with van der Waals surface area (Å²) in [6.07, 6.45) is 24.6. The highest BCUT2D eigenvalue weighted by atomic mass is 16.6. The topological polar surface area (TPSA) is 108 Å². The molecule has 1 N–H and O–H groups in total. The molecule has 9 heteroatoms. The zero-order valence-corrected chi connectivity index (χ0v) is 32.2. The first-order valence-electron chi connectivity index (χ1n) is 19.9. The fourth-order valence-corrected chi connectivity index (χ4v) is 8.63. The van der Waals surface area contributed by atoms with E-state index in [1.165, 1.54) is 103 Å². The molecule has 0 aromatic heterocycles. The Kier molecular flexibility index (Phi) is 23.6. The molecule has 8 atom stereocenters. The van der Waals surface area contributed by atoms with Crippen molar-refractivity contribution in [3.63, 3.8) is 0 Å². The lowest BCUT2D eigenvalue weighted by molar-refractivity contribution is -0.144. The summed E-state index contributed by atoms with van der Waals surface area (Å²) < 4.78 is 19.3. The second-order valence-corrected chi connectivity index (χ2v) is 15.5. The van der Waals surface area contributed by atoms with Gasteiger partial charge in [-0.2, -0.15) is 0 Å². The van der Waals surface area contributed by atoms with Gasteiger partial charge in [0.05, 0.1) is 25.3 Å². The van der Waals surface area contributed by atoms with Crippen LogP contribution in [0.25, 0.3) is 0 Å². The minimum atomic E-state index is -0.283. The molecule has 9 nitrogen and oxygen atoms in total. The van der Waals surface area contributed by atoms with Crippen LogP contribution in [0.2, 0.25) is 0 Å². The lowest BCUT2D eigenvalue weighted by Crippen LogP contribution is -2.39. The van der Waals surface area contributed by atoms with Crippen LogP contribution in [0.3, 0.4) is 0 Å². The summed E-state index contributed by atoms with van der Waals surface area (Å²) in [6, 6.07) is 3.61. The lowest BCUT2D eigenvalue weighted by atomic mass is 9.74. The zero-order valence-electron chi connectivity index (χ0n) is 32.2. The third-order valence-electron chi connectivity index (χ3n) is 11.0. The highest BCUT2D eigenvalue weighted by Gasteiger charge is 2.28. The van der Waals surface area contributed by atoms with E-state index in [1.54, 1.807) is 28.2 Å². The Morgan fingerprint density at radius 1 is 0.673 bits per heavy atom. The van der Waals surface area contributed by atoms with Gasteiger partial charge in [-0.05, 0) is 86.9 Å². The standard InChI is InChI=1S/C18H33NO3.C16H28N2.C6H12O3/c1-14-5-3-6-15(11-14)12-16-7-4-8-17(13-16)19-18(20)22-10-9-21-2;1-13-5-3-6-14(9-13)10-15-7-4-8-16(11-15)18-12-17-2;1-3-6(7)9-5-4-8-2/h14-17H,3-13H2,1-2H3,(H,19,20);13-16H,3-11H2,1-2H3;3-5H2,1-2H3. The van der Waals surface area contributed by atoms with E-state index in [0.29, 0.717) is 44.9 Å². The first-order valence-corrected chi connectivity index (χ1v) is 19.9. The maximum absolute atomic E-state index is 11.7. The van der Waals surface area contributed by atoms with Gasteiger partial charge in [-0.3, -0.25) is 4.79 Å². The van der Waals surface area contributed by atoms with Gasteiger partial charge in [-0.1, -0.05) is 85.0 Å². The molecule has 4 aliphatic rings. The minimum Gasteiger partial charge on any atom is -0.463 e. The molecule has 0 heterocycles. The number of carbonyl (C=O) groups is 2. The van der Waals surface area contributed by atoms with E-state index in [-0.39, 0.29) is 12.1 Å². The Morgan fingerprint density at radius 3 is 1.71 bits per heavy atom. The average molecular weight is 692 g/mol. The van der Waals surface area contributed by atoms with Crippen LogP contribution in [0.4, 0.5) is 4.79 Å². The molecule has 0 bridgehead atoms. The Morgan fingerprint density at radius 2 is 1.18 bits per heavy atom. The van der Waals surface area contributed by atoms with Gasteiger partial charge in [-0.15, -0.1) is 0 Å². The van der Waals surface area contributed by atoms with Crippen molar-refractivity contribution in [1.29, 1.82) is 0 Å². The van der Waals surface area contributed by atoms with Gasteiger partial charge >= 0.3 is 12.1 Å². The van der Waals surface area contributed by atoms with Gasteiger partial charge in [0.15, 0.2) is 0 Å². The number of carbonyl (C=O) groups excluding carboxylic acids is 2. The normalized spacial score (nSPS) is 29.8. The SMILES string of the molecule is CCC(=O)OCCOC.CN=C=NC1CCCC(CC2CCCC(C)C2)C1.COCCOC(=O)NC1CCCC(CC2CCCC(C)C2)C1. The number of rotatable bonds is 13. The number of nitrogens with zero attached hydrogens (tertiary/aromatic N) is 2. The van der Waals surface area contributed by atoms with Crippen LogP contribution >= 0.6 is 0 Å². The number of hydrogen-bond acceptors (Lipinski definition) is 8. The van der Waals surface area contributed by atoms with Crippen molar-refractivity contribution < 1.29 is 28.5 Å². The highest BCUT2D eigenvalue weighted by Crippen LogP contribution is 2.38. The lowest BCUT2D eigenvalue weighted by Gasteiger charge is -2.34. The number of nitrogens with one attached hydrogen (secondary N) is 1. The molecule has 4 fully saturated rings. The maximum atomic E-state index is 11.7. The Balaban J connectivity index is 0.000000277. The van der Waals surface area contributed by atoms with Gasteiger partial charge in [-0.25, -0.2) is 14.8 Å². The monoisotopic (exact) mass is 692 g/mol. The first kappa shape index (κ1) is 43.2. The summed E-state index contributed by atoms with van der Waals surface area (Å²) in [5, 5.41) is 3.04. The number of ether oxygens (including phenoxy) is 4. The summed E-state index contributed by atoms with van der Waals surface area (Å²) in [4.78, 5) is 30.5. The molecule has 49 heavy (non-hydrogen) atoms. The van der Waals surface area contributed by atoms with Crippen LogP contribution in [-0.2, 0) is 23.7 Å². The average Bonchev–Trinajstić information content (AvgIpc) is 3.08. The van der Waals surface area contributed by atoms with Crippen molar-refractivity contribution >= 4 is 18.1 Å². The second-order valence-electron chi connectivity index (χ2n) is 15.5. The van der Waals surface area contributed by atoms with Gasteiger partial charge in [0.25, 0.3) is 0 Å². The molecule has 4 aliphatic carbocycles. The third-order valence-corrected chi connectivity index (χ3v) is 11.0. The number of methoxy groups -OCH3 is 2. The number of amides is 1. The van der Waals surface area contributed by atoms with E-state index in [1.807, 2.05) is 0 Å². The van der Waals surface area contributed by atoms with E-state index in [9.17, 15) is 9.59 Å². The van der Waals surface area contributed by atoms with Crippen LogP contribution in [0.5, 0.6) is 0 Å². The van der Waals surface area contributed by atoms with E-state index in [4.69, 9.17) is 9.47 Å². The molecule has 0 saturated heterocycles. The molecule has 1 amide bonds. The van der Waals surface area contributed by atoms with Crippen molar-refractivity contribution in [2.45, 2.75) is 155 Å². The second kappa shape index (κ2) is 26.8. The summed E-state index contributed by atoms with van der Waals surface area (Å²) in [5.74, 6) is 5.32. The summed E-state index contributed by atoms with van der Waals surface area (Å²) >= 11 is 0. The Labute approximate surface area is 299 Å². The van der Waals surface area contributed by atoms with Crippen molar-refractivity contribution in [3.8, 4) is 0 Å².